The van der Waals surface area contributed by atoms with Crippen molar-refractivity contribution in [2.24, 2.45) is 0 Å². The van der Waals surface area contributed by atoms with Crippen molar-refractivity contribution in [2.45, 2.75) is 11.8 Å². The molecular formula is C8H6NO3S. The quantitative estimate of drug-likeness (QED) is 0.321. The Kier molecular flexibility index (Phi) is 3.02. The molecule has 0 aromatic heterocycles. The van der Waals surface area contributed by atoms with E-state index in [1.54, 1.807) is 0 Å². The lowest BCUT2D eigenvalue weighted by atomic mass is 10.2. The second kappa shape index (κ2) is 4.04. The van der Waals surface area contributed by atoms with Crippen molar-refractivity contribution in [2.75, 3.05) is 0 Å². The monoisotopic (exact) mass is 196 g/mol. The summed E-state index contributed by atoms with van der Waals surface area (Å²) in [5.41, 5.74) is 0.437. The Morgan fingerprint density at radius 1 is 1.62 bits per heavy atom. The molecule has 13 heavy (non-hydrogen) atoms. The molecule has 0 saturated carbocycles. The lowest BCUT2D eigenvalue weighted by Crippen LogP contribution is -1.92. The maximum Gasteiger partial charge on any atom is 0.265 e. The lowest BCUT2D eigenvalue weighted by molar-refractivity contribution is -0.284. The second-order valence-electron chi connectivity index (χ2n) is 2.33. The zero-order valence-electron chi connectivity index (χ0n) is 6.81. The van der Waals surface area contributed by atoms with Crippen LogP contribution in [0.5, 0.6) is 0 Å². The van der Waals surface area contributed by atoms with E-state index in [4.69, 9.17) is 0 Å². The van der Waals surface area contributed by atoms with E-state index in [9.17, 15) is 14.9 Å². The number of hydrogen-bond donors (Lipinski definition) is 0. The Bertz CT molecular complexity index is 351. The van der Waals surface area contributed by atoms with Gasteiger partial charge in [-0.1, -0.05) is 0 Å². The third kappa shape index (κ3) is 2.87. The normalized spacial score (nSPS) is 9.62. The molecule has 0 bridgehead atoms. The number of nitrogens with zero attached hydrogens (tertiary/aromatic N) is 1. The van der Waals surface area contributed by atoms with Crippen molar-refractivity contribution < 1.29 is 9.12 Å². The summed E-state index contributed by atoms with van der Waals surface area (Å²) in [5, 5.41) is 10.1. The Hall–Kier alpha value is -1.36. The van der Waals surface area contributed by atoms with E-state index in [-0.39, 0.29) is 5.78 Å². The van der Waals surface area contributed by atoms with Gasteiger partial charge in [-0.2, -0.15) is 0 Å². The van der Waals surface area contributed by atoms with Gasteiger partial charge in [0, 0.05) is 5.56 Å². The number of ketones is 1. The average molecular weight is 196 g/mol. The first-order chi connectivity index (χ1) is 6.09. The third-order valence-corrected chi connectivity index (χ3v) is 1.94. The van der Waals surface area contributed by atoms with E-state index >= 15 is 0 Å². The molecule has 67 valence electrons. The summed E-state index contributed by atoms with van der Waals surface area (Å²) >= 11 is 0.469. The van der Waals surface area contributed by atoms with Gasteiger partial charge in [0.1, 0.15) is 4.33 Å². The smallest absolute Gasteiger partial charge is 0.265 e. The highest BCUT2D eigenvalue weighted by Gasteiger charge is 2.07. The van der Waals surface area contributed by atoms with Crippen LogP contribution in [0.25, 0.3) is 0 Å². The predicted octanol–water partition coefficient (Wildman–Crippen LogP) is 1.97. The summed E-state index contributed by atoms with van der Waals surface area (Å²) in [6.45, 7) is 1.41. The predicted molar refractivity (Wildman–Crippen MR) is 48.1 cm³/mol. The molecule has 5 heteroatoms. The number of Topliss-reactive ketones (excluding diaryl/α,β-unsaturated/α-hetero) is 1. The fourth-order valence-corrected chi connectivity index (χ4v) is 1.26. The zero-order chi connectivity index (χ0) is 9.84. The molecular weight excluding hydrogens is 190 g/mol. The van der Waals surface area contributed by atoms with Gasteiger partial charge in [-0.3, -0.25) is 14.9 Å². The molecule has 0 spiro atoms. The molecule has 0 aliphatic heterocycles. The highest BCUT2D eigenvalue weighted by Crippen LogP contribution is 2.18. The minimum Gasteiger partial charge on any atom is -0.295 e. The van der Waals surface area contributed by atoms with Crippen LogP contribution in [0, 0.1) is 16.2 Å². The minimum atomic E-state index is -0.521. The molecule has 0 saturated heterocycles. The van der Waals surface area contributed by atoms with E-state index in [1.807, 2.05) is 0 Å². The summed E-state index contributed by atoms with van der Waals surface area (Å²) in [7, 11) is 0. The van der Waals surface area contributed by atoms with Crippen LogP contribution in [0.4, 0.5) is 0 Å². The number of carbonyl (C=O) groups is 1. The van der Waals surface area contributed by atoms with Crippen LogP contribution >= 0.6 is 11.9 Å². The molecule has 0 heterocycles. The van der Waals surface area contributed by atoms with Crippen molar-refractivity contribution >= 4 is 17.7 Å². The van der Waals surface area contributed by atoms with Crippen molar-refractivity contribution in [3.8, 4) is 0 Å². The first-order valence-corrected chi connectivity index (χ1v) is 4.21. The van der Waals surface area contributed by atoms with Crippen molar-refractivity contribution in [1.29, 1.82) is 0 Å². The van der Waals surface area contributed by atoms with Gasteiger partial charge >= 0.3 is 0 Å². The number of rotatable bonds is 3. The van der Waals surface area contributed by atoms with Gasteiger partial charge in [0.15, 0.2) is 5.78 Å². The Labute approximate surface area is 79.2 Å². The molecule has 0 amide bonds. The van der Waals surface area contributed by atoms with Crippen LogP contribution < -0.4 is 0 Å². The lowest BCUT2D eigenvalue weighted by Gasteiger charge is -1.95. The topological polar surface area (TPSA) is 60.2 Å². The largest absolute Gasteiger partial charge is 0.295 e. The number of nitro groups is 1. The van der Waals surface area contributed by atoms with Gasteiger partial charge in [-0.15, -0.1) is 0 Å². The summed E-state index contributed by atoms with van der Waals surface area (Å²) in [5.74, 6) is -0.123. The van der Waals surface area contributed by atoms with Crippen LogP contribution in [0.15, 0.2) is 23.1 Å². The second-order valence-corrected chi connectivity index (χ2v) is 3.28. The van der Waals surface area contributed by atoms with E-state index in [0.717, 1.165) is 0 Å². The molecule has 0 aliphatic carbocycles. The highest BCUT2D eigenvalue weighted by molar-refractivity contribution is 7.93. The molecule has 1 aromatic rings. The standard InChI is InChI=1S/C8H6NO3S/c1-6(10)7-3-2-4-8(5-7)13-9(11)12/h3-5H,1H3. The average Bonchev–Trinajstić information content (AvgIpc) is 2.03. The van der Waals surface area contributed by atoms with E-state index in [0.29, 0.717) is 22.4 Å². The molecule has 1 aromatic carbocycles. The fraction of sp³-hybridized carbons (Fsp3) is 0.125. The number of hydrogen-bond acceptors (Lipinski definition) is 4. The molecule has 1 radical (unpaired) electrons. The van der Waals surface area contributed by atoms with Gasteiger partial charge in [0.25, 0.3) is 11.9 Å². The summed E-state index contributed by atoms with van der Waals surface area (Å²) < 4.78 is -0.521. The van der Waals surface area contributed by atoms with Crippen LogP contribution in [0.3, 0.4) is 0 Å². The van der Waals surface area contributed by atoms with Crippen LogP contribution in [-0.2, 0) is 0 Å². The SMILES string of the molecule is CC(=O)c1c[c]cc(S[N+](=O)[O-])c1. The molecule has 1 rings (SSSR count). The first kappa shape index (κ1) is 9.73. The van der Waals surface area contributed by atoms with Gasteiger partial charge in [0.05, 0.1) is 4.90 Å². The summed E-state index contributed by atoms with van der Waals surface area (Å²) in [6.07, 6.45) is 0. The maximum absolute atomic E-state index is 10.9. The van der Waals surface area contributed by atoms with E-state index in [2.05, 4.69) is 6.07 Å². The zero-order valence-corrected chi connectivity index (χ0v) is 7.63. The molecule has 0 unspecified atom stereocenters. The molecule has 0 fully saturated rings. The van der Waals surface area contributed by atoms with Gasteiger partial charge < -0.3 is 0 Å². The van der Waals surface area contributed by atoms with Gasteiger partial charge in [0.2, 0.25) is 0 Å². The first-order valence-electron chi connectivity index (χ1n) is 3.44. The Balaban J connectivity index is 2.91. The Morgan fingerprint density at radius 3 is 2.85 bits per heavy atom. The number of benzene rings is 1. The molecule has 0 aliphatic rings. The van der Waals surface area contributed by atoms with Crippen molar-refractivity contribution in [3.63, 3.8) is 0 Å². The van der Waals surface area contributed by atoms with Gasteiger partial charge in [-0.25, -0.2) is 0 Å². The summed E-state index contributed by atoms with van der Waals surface area (Å²) in [6, 6.07) is 7.13. The van der Waals surface area contributed by atoms with Crippen LogP contribution in [-0.4, -0.2) is 10.1 Å². The fourth-order valence-electron chi connectivity index (χ4n) is 0.792. The molecule has 0 atom stereocenters. The Morgan fingerprint density at radius 2 is 2.31 bits per heavy atom. The minimum absolute atomic E-state index is 0.123. The molecule has 4 nitrogen and oxygen atoms in total. The molecule has 0 N–H and O–H groups in total. The van der Waals surface area contributed by atoms with E-state index < -0.39 is 4.33 Å². The number of carbonyl (C=O) groups excluding carboxylic acids is 1. The van der Waals surface area contributed by atoms with Crippen molar-refractivity contribution in [1.82, 2.24) is 0 Å². The van der Waals surface area contributed by atoms with Crippen molar-refractivity contribution in [3.05, 3.63) is 39.9 Å². The van der Waals surface area contributed by atoms with Crippen LogP contribution in [0.2, 0.25) is 0 Å². The third-order valence-electron chi connectivity index (χ3n) is 1.35. The van der Waals surface area contributed by atoms with Crippen LogP contribution in [0.1, 0.15) is 17.3 Å². The maximum atomic E-state index is 10.9. The van der Waals surface area contributed by atoms with E-state index in [1.165, 1.54) is 25.1 Å². The summed E-state index contributed by atoms with van der Waals surface area (Å²) in [4.78, 5) is 21.4. The highest BCUT2D eigenvalue weighted by atomic mass is 32.2. The van der Waals surface area contributed by atoms with Gasteiger partial charge in [-0.05, 0) is 31.2 Å².